The van der Waals surface area contributed by atoms with Crippen LogP contribution in [0.4, 0.5) is 10.5 Å². The summed E-state index contributed by atoms with van der Waals surface area (Å²) in [5, 5.41) is 5.86. The molecule has 3 rings (SSSR count). The number of carbonyl (C=O) groups is 2. The van der Waals surface area contributed by atoms with Crippen molar-refractivity contribution in [3.05, 3.63) is 23.8 Å². The Morgan fingerprint density at radius 1 is 1.42 bits per heavy atom. The summed E-state index contributed by atoms with van der Waals surface area (Å²) >= 11 is 0. The van der Waals surface area contributed by atoms with Crippen LogP contribution in [0.5, 0.6) is 5.75 Å². The molecular weight excluding hydrogens is 308 g/mol. The van der Waals surface area contributed by atoms with Gasteiger partial charge < -0.3 is 21.1 Å². The molecule has 0 spiro atoms. The lowest BCUT2D eigenvalue weighted by Gasteiger charge is -2.29. The van der Waals surface area contributed by atoms with Crippen LogP contribution in [0.1, 0.15) is 36.0 Å². The molecule has 0 radical (unpaired) electrons. The van der Waals surface area contributed by atoms with Gasteiger partial charge in [0.2, 0.25) is 0 Å². The van der Waals surface area contributed by atoms with Crippen LogP contribution in [0.25, 0.3) is 0 Å². The number of anilines is 1. The van der Waals surface area contributed by atoms with Gasteiger partial charge in [-0.15, -0.1) is 0 Å². The van der Waals surface area contributed by atoms with Crippen LogP contribution in [0, 0.1) is 0 Å². The summed E-state index contributed by atoms with van der Waals surface area (Å²) in [6, 6.07) is 4.96. The van der Waals surface area contributed by atoms with Crippen molar-refractivity contribution >= 4 is 17.6 Å². The standard InChI is InChI=1S/C17H24N4O3/c1-24-14-5-4-12(10-13(14)21-9-8-19-16(21)23)15(22)20-17(11-18)6-2-3-7-17/h4-5,10H,2-3,6-9,11,18H2,1H3,(H,19,23)(H,20,22). The van der Waals surface area contributed by atoms with Crippen LogP contribution in [0.15, 0.2) is 18.2 Å². The fraction of sp³-hybridized carbons (Fsp3) is 0.529. The van der Waals surface area contributed by atoms with Crippen molar-refractivity contribution in [1.82, 2.24) is 10.6 Å². The minimum absolute atomic E-state index is 0.161. The fourth-order valence-electron chi connectivity index (χ4n) is 3.49. The lowest BCUT2D eigenvalue weighted by Crippen LogP contribution is -2.51. The van der Waals surface area contributed by atoms with Gasteiger partial charge in [0.05, 0.1) is 18.3 Å². The molecule has 7 heteroatoms. The van der Waals surface area contributed by atoms with E-state index < -0.39 is 0 Å². The number of nitrogens with zero attached hydrogens (tertiary/aromatic N) is 1. The molecule has 1 aliphatic carbocycles. The highest BCUT2D eigenvalue weighted by Gasteiger charge is 2.34. The monoisotopic (exact) mass is 332 g/mol. The summed E-state index contributed by atoms with van der Waals surface area (Å²) in [5.74, 6) is 0.406. The Morgan fingerprint density at radius 3 is 2.75 bits per heavy atom. The van der Waals surface area contributed by atoms with E-state index in [1.807, 2.05) is 0 Å². The largest absolute Gasteiger partial charge is 0.495 e. The Hall–Kier alpha value is -2.28. The van der Waals surface area contributed by atoms with E-state index in [0.29, 0.717) is 36.6 Å². The minimum atomic E-state index is -0.303. The molecule has 1 saturated heterocycles. The molecule has 0 atom stereocenters. The smallest absolute Gasteiger partial charge is 0.322 e. The number of urea groups is 1. The first-order valence-electron chi connectivity index (χ1n) is 8.34. The lowest BCUT2D eigenvalue weighted by molar-refractivity contribution is 0.0903. The van der Waals surface area contributed by atoms with Gasteiger partial charge in [-0.3, -0.25) is 9.69 Å². The molecule has 2 fully saturated rings. The summed E-state index contributed by atoms with van der Waals surface area (Å²) in [4.78, 5) is 26.2. The average Bonchev–Trinajstić information content (AvgIpc) is 3.23. The van der Waals surface area contributed by atoms with E-state index in [0.717, 1.165) is 25.7 Å². The maximum absolute atomic E-state index is 12.7. The Kier molecular flexibility index (Phi) is 4.62. The average molecular weight is 332 g/mol. The third-order valence-corrected chi connectivity index (χ3v) is 4.92. The first-order valence-corrected chi connectivity index (χ1v) is 8.34. The zero-order valence-electron chi connectivity index (χ0n) is 13.9. The van der Waals surface area contributed by atoms with Gasteiger partial charge in [0.1, 0.15) is 5.75 Å². The van der Waals surface area contributed by atoms with Crippen LogP contribution >= 0.6 is 0 Å². The van der Waals surface area contributed by atoms with E-state index >= 15 is 0 Å². The number of hydrogen-bond donors (Lipinski definition) is 3. The molecule has 1 heterocycles. The zero-order valence-corrected chi connectivity index (χ0v) is 13.9. The number of rotatable bonds is 5. The Morgan fingerprint density at radius 2 is 2.17 bits per heavy atom. The van der Waals surface area contributed by atoms with E-state index in [1.54, 1.807) is 30.2 Å². The molecule has 0 unspecified atom stereocenters. The van der Waals surface area contributed by atoms with Gasteiger partial charge in [-0.25, -0.2) is 4.79 Å². The molecule has 7 nitrogen and oxygen atoms in total. The van der Waals surface area contributed by atoms with Gasteiger partial charge >= 0.3 is 6.03 Å². The van der Waals surface area contributed by atoms with E-state index in [4.69, 9.17) is 10.5 Å². The molecule has 0 bridgehead atoms. The van der Waals surface area contributed by atoms with E-state index in [2.05, 4.69) is 10.6 Å². The first kappa shape index (κ1) is 16.6. The minimum Gasteiger partial charge on any atom is -0.495 e. The summed E-state index contributed by atoms with van der Waals surface area (Å²) in [5.41, 5.74) is 6.70. The molecule has 1 aromatic rings. The number of carbonyl (C=O) groups excluding carboxylic acids is 2. The number of ether oxygens (including phenoxy) is 1. The molecule has 24 heavy (non-hydrogen) atoms. The number of hydrogen-bond acceptors (Lipinski definition) is 4. The highest BCUT2D eigenvalue weighted by molar-refractivity contribution is 6.00. The lowest BCUT2D eigenvalue weighted by atomic mass is 9.97. The predicted octanol–water partition coefficient (Wildman–Crippen LogP) is 1.23. The second-order valence-electron chi connectivity index (χ2n) is 6.42. The van der Waals surface area contributed by atoms with Crippen LogP contribution in [-0.2, 0) is 0 Å². The molecule has 1 aliphatic heterocycles. The van der Waals surface area contributed by atoms with Crippen LogP contribution < -0.4 is 26.0 Å². The Balaban J connectivity index is 1.85. The maximum Gasteiger partial charge on any atom is 0.322 e. The van der Waals surface area contributed by atoms with Gasteiger partial charge in [0.25, 0.3) is 5.91 Å². The van der Waals surface area contributed by atoms with Crippen molar-refractivity contribution in [1.29, 1.82) is 0 Å². The number of amides is 3. The second-order valence-corrected chi connectivity index (χ2v) is 6.42. The number of nitrogens with two attached hydrogens (primary N) is 1. The maximum atomic E-state index is 12.7. The molecular formula is C17H24N4O3. The van der Waals surface area contributed by atoms with Crippen molar-refractivity contribution in [2.24, 2.45) is 5.73 Å². The Labute approximate surface area is 141 Å². The molecule has 0 aromatic heterocycles. The SMILES string of the molecule is COc1ccc(C(=O)NC2(CN)CCCC2)cc1N1CCNC1=O. The topological polar surface area (TPSA) is 96.7 Å². The van der Waals surface area contributed by atoms with E-state index in [-0.39, 0.29) is 17.5 Å². The molecule has 4 N–H and O–H groups in total. The van der Waals surface area contributed by atoms with Crippen molar-refractivity contribution in [3.8, 4) is 5.75 Å². The first-order chi connectivity index (χ1) is 11.6. The van der Waals surface area contributed by atoms with Crippen molar-refractivity contribution in [2.75, 3.05) is 31.6 Å². The normalized spacial score (nSPS) is 19.2. The van der Waals surface area contributed by atoms with Gasteiger partial charge in [0, 0.05) is 25.2 Å². The van der Waals surface area contributed by atoms with Gasteiger partial charge in [0.15, 0.2) is 0 Å². The molecule has 1 saturated carbocycles. The summed E-state index contributed by atoms with van der Waals surface area (Å²) in [6.07, 6.45) is 3.98. The zero-order chi connectivity index (χ0) is 17.2. The predicted molar refractivity (Wildman–Crippen MR) is 91.5 cm³/mol. The third kappa shape index (κ3) is 3.03. The van der Waals surface area contributed by atoms with Crippen LogP contribution in [0.2, 0.25) is 0 Å². The number of methoxy groups -OCH3 is 1. The molecule has 130 valence electrons. The molecule has 2 aliphatic rings. The van der Waals surface area contributed by atoms with Crippen molar-refractivity contribution in [2.45, 2.75) is 31.2 Å². The summed E-state index contributed by atoms with van der Waals surface area (Å²) in [6.45, 7) is 1.57. The summed E-state index contributed by atoms with van der Waals surface area (Å²) in [7, 11) is 1.55. The number of nitrogens with one attached hydrogen (secondary N) is 2. The highest BCUT2D eigenvalue weighted by Crippen LogP contribution is 2.32. The van der Waals surface area contributed by atoms with E-state index in [1.165, 1.54) is 0 Å². The highest BCUT2D eigenvalue weighted by atomic mass is 16.5. The molecule has 1 aromatic carbocycles. The van der Waals surface area contributed by atoms with Gasteiger partial charge in [-0.1, -0.05) is 12.8 Å². The fourth-order valence-corrected chi connectivity index (χ4v) is 3.49. The van der Waals surface area contributed by atoms with Crippen LogP contribution in [0.3, 0.4) is 0 Å². The number of benzene rings is 1. The van der Waals surface area contributed by atoms with Gasteiger partial charge in [-0.2, -0.15) is 0 Å². The van der Waals surface area contributed by atoms with Crippen molar-refractivity contribution < 1.29 is 14.3 Å². The third-order valence-electron chi connectivity index (χ3n) is 4.92. The Bertz CT molecular complexity index is 641. The quantitative estimate of drug-likeness (QED) is 0.755. The van der Waals surface area contributed by atoms with E-state index in [9.17, 15) is 9.59 Å². The second kappa shape index (κ2) is 6.68. The van der Waals surface area contributed by atoms with Crippen LogP contribution in [-0.4, -0.2) is 44.2 Å². The van der Waals surface area contributed by atoms with Gasteiger partial charge in [-0.05, 0) is 31.0 Å². The van der Waals surface area contributed by atoms with Crippen molar-refractivity contribution in [3.63, 3.8) is 0 Å². The molecule has 3 amide bonds. The summed E-state index contributed by atoms with van der Waals surface area (Å²) < 4.78 is 5.34.